The van der Waals surface area contributed by atoms with E-state index in [4.69, 9.17) is 16.1 Å². The van der Waals surface area contributed by atoms with Gasteiger partial charge in [-0.05, 0) is 25.6 Å². The van der Waals surface area contributed by atoms with Crippen LogP contribution in [0.25, 0.3) is 11.4 Å². The fraction of sp³-hybridized carbons (Fsp3) is 0.429. The van der Waals surface area contributed by atoms with Gasteiger partial charge in [0.15, 0.2) is 0 Å². The van der Waals surface area contributed by atoms with Gasteiger partial charge >= 0.3 is 0 Å². The van der Waals surface area contributed by atoms with Crippen LogP contribution < -0.4 is 5.32 Å². The molecule has 0 aliphatic carbocycles. The number of nitrogens with zero attached hydrogens (tertiary/aromatic N) is 2. The Kier molecular flexibility index (Phi) is 4.93. The van der Waals surface area contributed by atoms with Crippen LogP contribution in [0, 0.1) is 0 Å². The largest absolute Gasteiger partial charge is 0.339 e. The van der Waals surface area contributed by atoms with Crippen molar-refractivity contribution in [2.45, 2.75) is 32.2 Å². The highest BCUT2D eigenvalue weighted by molar-refractivity contribution is 6.33. The van der Waals surface area contributed by atoms with Gasteiger partial charge in [0.2, 0.25) is 11.7 Å². The van der Waals surface area contributed by atoms with E-state index in [9.17, 15) is 0 Å². The fourth-order valence-corrected chi connectivity index (χ4v) is 2.22. The first-order valence-corrected chi connectivity index (χ1v) is 6.87. The highest BCUT2D eigenvalue weighted by atomic mass is 35.5. The molecule has 5 heteroatoms. The molecule has 0 amide bonds. The summed E-state index contributed by atoms with van der Waals surface area (Å²) in [6.45, 7) is 2.16. The molecule has 0 aliphatic rings. The summed E-state index contributed by atoms with van der Waals surface area (Å²) in [5.41, 5.74) is 0.802. The molecule has 2 aromatic rings. The number of rotatable bonds is 6. The molecule has 0 aliphatic heterocycles. The van der Waals surface area contributed by atoms with Crippen LogP contribution in [0.1, 0.15) is 25.7 Å². The zero-order chi connectivity index (χ0) is 13.7. The summed E-state index contributed by atoms with van der Waals surface area (Å²) >= 11 is 6.12. The molecule has 0 radical (unpaired) electrons. The lowest BCUT2D eigenvalue weighted by Crippen LogP contribution is -2.27. The SMILES string of the molecule is CCCC(Cc1nc(-c2ccccc2Cl)no1)NC. The quantitative estimate of drug-likeness (QED) is 0.881. The van der Waals surface area contributed by atoms with Gasteiger partial charge in [0.1, 0.15) is 0 Å². The Morgan fingerprint density at radius 3 is 2.84 bits per heavy atom. The Morgan fingerprint density at radius 1 is 1.37 bits per heavy atom. The van der Waals surface area contributed by atoms with Crippen molar-refractivity contribution in [2.75, 3.05) is 7.05 Å². The third kappa shape index (κ3) is 3.55. The Bertz CT molecular complexity index is 527. The minimum Gasteiger partial charge on any atom is -0.339 e. The highest BCUT2D eigenvalue weighted by Crippen LogP contribution is 2.25. The van der Waals surface area contributed by atoms with E-state index in [-0.39, 0.29) is 0 Å². The Hall–Kier alpha value is -1.39. The van der Waals surface area contributed by atoms with Crippen molar-refractivity contribution < 1.29 is 4.52 Å². The normalized spacial score (nSPS) is 12.6. The zero-order valence-corrected chi connectivity index (χ0v) is 11.9. The third-order valence-electron chi connectivity index (χ3n) is 3.05. The van der Waals surface area contributed by atoms with Crippen molar-refractivity contribution in [1.82, 2.24) is 15.5 Å². The molecule has 1 aromatic heterocycles. The summed E-state index contributed by atoms with van der Waals surface area (Å²) in [7, 11) is 1.95. The Morgan fingerprint density at radius 2 is 2.16 bits per heavy atom. The third-order valence-corrected chi connectivity index (χ3v) is 3.38. The summed E-state index contributed by atoms with van der Waals surface area (Å²) in [6.07, 6.45) is 2.94. The van der Waals surface area contributed by atoms with Gasteiger partial charge in [-0.25, -0.2) is 0 Å². The number of benzene rings is 1. The van der Waals surface area contributed by atoms with E-state index in [1.807, 2.05) is 31.3 Å². The first-order valence-electron chi connectivity index (χ1n) is 6.49. The summed E-state index contributed by atoms with van der Waals surface area (Å²) < 4.78 is 5.29. The first kappa shape index (κ1) is 14.0. The molecule has 0 saturated carbocycles. The molecule has 1 heterocycles. The van der Waals surface area contributed by atoms with Crippen molar-refractivity contribution >= 4 is 11.6 Å². The van der Waals surface area contributed by atoms with Gasteiger partial charge in [-0.15, -0.1) is 0 Å². The molecule has 0 spiro atoms. The van der Waals surface area contributed by atoms with Crippen molar-refractivity contribution in [3.05, 3.63) is 35.2 Å². The first-order chi connectivity index (χ1) is 9.24. The Balaban J connectivity index is 2.13. The van der Waals surface area contributed by atoms with Crippen LogP contribution in [-0.4, -0.2) is 23.2 Å². The minimum atomic E-state index is 0.365. The lowest BCUT2D eigenvalue weighted by Gasteiger charge is -2.11. The summed E-state index contributed by atoms with van der Waals surface area (Å²) in [5.74, 6) is 1.19. The maximum atomic E-state index is 6.12. The van der Waals surface area contributed by atoms with Crippen LogP contribution in [-0.2, 0) is 6.42 Å². The van der Waals surface area contributed by atoms with Crippen LogP contribution in [0.15, 0.2) is 28.8 Å². The van der Waals surface area contributed by atoms with Crippen molar-refractivity contribution in [2.24, 2.45) is 0 Å². The van der Waals surface area contributed by atoms with Gasteiger partial charge in [-0.2, -0.15) is 4.98 Å². The second-order valence-corrected chi connectivity index (χ2v) is 4.88. The molecule has 0 fully saturated rings. The monoisotopic (exact) mass is 279 g/mol. The maximum absolute atomic E-state index is 6.12. The van der Waals surface area contributed by atoms with Gasteiger partial charge < -0.3 is 9.84 Å². The molecule has 1 N–H and O–H groups in total. The predicted molar refractivity (Wildman–Crippen MR) is 76.2 cm³/mol. The van der Waals surface area contributed by atoms with Crippen LogP contribution in [0.5, 0.6) is 0 Å². The van der Waals surface area contributed by atoms with E-state index in [0.29, 0.717) is 22.8 Å². The van der Waals surface area contributed by atoms with Gasteiger partial charge in [0, 0.05) is 18.0 Å². The number of likely N-dealkylation sites (N-methyl/N-ethyl adjacent to an activating group) is 1. The molecule has 1 unspecified atom stereocenters. The lowest BCUT2D eigenvalue weighted by molar-refractivity contribution is 0.356. The second kappa shape index (κ2) is 6.68. The van der Waals surface area contributed by atoms with E-state index in [1.165, 1.54) is 0 Å². The summed E-state index contributed by atoms with van der Waals surface area (Å²) in [5, 5.41) is 7.89. The number of halogens is 1. The molecular formula is C14H18ClN3O. The summed E-state index contributed by atoms with van der Waals surface area (Å²) in [6, 6.07) is 7.86. The molecule has 1 aromatic carbocycles. The van der Waals surface area contributed by atoms with Crippen LogP contribution in [0.2, 0.25) is 5.02 Å². The van der Waals surface area contributed by atoms with Gasteiger partial charge in [0.05, 0.1) is 5.02 Å². The van der Waals surface area contributed by atoms with Gasteiger partial charge in [-0.3, -0.25) is 0 Å². The molecule has 0 saturated heterocycles. The van der Waals surface area contributed by atoms with E-state index >= 15 is 0 Å². The van der Waals surface area contributed by atoms with Crippen LogP contribution in [0.3, 0.4) is 0 Å². The van der Waals surface area contributed by atoms with Crippen molar-refractivity contribution in [3.8, 4) is 11.4 Å². The van der Waals surface area contributed by atoms with Gasteiger partial charge in [0.25, 0.3) is 0 Å². The molecule has 102 valence electrons. The lowest BCUT2D eigenvalue weighted by atomic mass is 10.1. The fourth-order valence-electron chi connectivity index (χ4n) is 2.00. The molecule has 0 bridgehead atoms. The minimum absolute atomic E-state index is 0.365. The molecule has 4 nitrogen and oxygen atoms in total. The van der Waals surface area contributed by atoms with Gasteiger partial charge in [-0.1, -0.05) is 42.2 Å². The molecule has 1 atom stereocenters. The van der Waals surface area contributed by atoms with Crippen LogP contribution in [0.4, 0.5) is 0 Å². The maximum Gasteiger partial charge on any atom is 0.228 e. The predicted octanol–water partition coefficient (Wildman–Crippen LogP) is 3.32. The smallest absolute Gasteiger partial charge is 0.228 e. The molecular weight excluding hydrogens is 262 g/mol. The summed E-state index contributed by atoms with van der Waals surface area (Å²) in [4.78, 5) is 4.41. The standard InChI is InChI=1S/C14H18ClN3O/c1-3-6-10(16-2)9-13-17-14(18-19-13)11-7-4-5-8-12(11)15/h4-5,7-8,10,16H,3,6,9H2,1-2H3. The van der Waals surface area contributed by atoms with Crippen LogP contribution >= 0.6 is 11.6 Å². The highest BCUT2D eigenvalue weighted by Gasteiger charge is 2.14. The molecule has 19 heavy (non-hydrogen) atoms. The van der Waals surface area contributed by atoms with Crippen molar-refractivity contribution in [1.29, 1.82) is 0 Å². The number of hydrogen-bond acceptors (Lipinski definition) is 4. The average molecular weight is 280 g/mol. The van der Waals surface area contributed by atoms with E-state index in [0.717, 1.165) is 24.8 Å². The number of nitrogens with one attached hydrogen (secondary N) is 1. The number of aromatic nitrogens is 2. The Labute approximate surface area is 118 Å². The topological polar surface area (TPSA) is 51.0 Å². The number of hydrogen-bond donors (Lipinski definition) is 1. The van der Waals surface area contributed by atoms with Crippen molar-refractivity contribution in [3.63, 3.8) is 0 Å². The average Bonchev–Trinajstić information content (AvgIpc) is 2.87. The zero-order valence-electron chi connectivity index (χ0n) is 11.2. The van der Waals surface area contributed by atoms with E-state index in [2.05, 4.69) is 22.4 Å². The van der Waals surface area contributed by atoms with E-state index < -0.39 is 0 Å². The van der Waals surface area contributed by atoms with E-state index in [1.54, 1.807) is 0 Å². The molecule has 2 rings (SSSR count). The second-order valence-electron chi connectivity index (χ2n) is 4.47.